The van der Waals surface area contributed by atoms with Gasteiger partial charge in [-0.2, -0.15) is 15.5 Å². The lowest BCUT2D eigenvalue weighted by atomic mass is 10.1. The first-order chi connectivity index (χ1) is 17.8. The maximum atomic E-state index is 12.1. The first-order valence-electron chi connectivity index (χ1n) is 11.3. The number of rotatable bonds is 12. The number of carbonyl (C=O) groups is 3. The number of carboxylic acids is 2. The number of benzene rings is 3. The molecule has 0 aromatic heterocycles. The molecular formula is C27H23N3O7. The van der Waals surface area contributed by atoms with Crippen LogP contribution in [0.2, 0.25) is 0 Å². The van der Waals surface area contributed by atoms with Gasteiger partial charge in [0.2, 0.25) is 0 Å². The molecule has 0 atom stereocenters. The average Bonchev–Trinajstić information content (AvgIpc) is 2.90. The molecule has 2 N–H and O–H groups in total. The second kappa shape index (κ2) is 13.2. The zero-order valence-corrected chi connectivity index (χ0v) is 19.7. The third kappa shape index (κ3) is 8.60. The first kappa shape index (κ1) is 26.6. The molecule has 0 aliphatic rings. The Morgan fingerprint density at radius 3 is 1.86 bits per heavy atom. The Bertz CT molecular complexity index is 1300. The van der Waals surface area contributed by atoms with Gasteiger partial charge in [0.05, 0.1) is 40.7 Å². The summed E-state index contributed by atoms with van der Waals surface area (Å²) in [7, 11) is 0. The third-order valence-electron chi connectivity index (χ3n) is 5.04. The van der Waals surface area contributed by atoms with E-state index >= 15 is 0 Å². The summed E-state index contributed by atoms with van der Waals surface area (Å²) in [6.07, 6.45) is 2.02. The normalized spacial score (nSPS) is 10.6. The Hall–Kier alpha value is -5.04. The van der Waals surface area contributed by atoms with Crippen LogP contribution in [0.5, 0.6) is 11.5 Å². The van der Waals surface area contributed by atoms with Gasteiger partial charge in [-0.3, -0.25) is 4.79 Å². The molecule has 3 aromatic rings. The van der Waals surface area contributed by atoms with Crippen molar-refractivity contribution in [3.05, 3.63) is 83.4 Å². The molecule has 0 saturated carbocycles. The Morgan fingerprint density at radius 1 is 0.757 bits per heavy atom. The molecule has 37 heavy (non-hydrogen) atoms. The predicted octanol–water partition coefficient (Wildman–Crippen LogP) is 5.91. The zero-order valence-electron chi connectivity index (χ0n) is 19.7. The fraction of sp³-hybridized carbons (Fsp3) is 0.185. The molecule has 0 fully saturated rings. The number of unbranched alkanes of at least 4 members (excludes halogenated alkanes) is 2. The summed E-state index contributed by atoms with van der Waals surface area (Å²) >= 11 is 0. The van der Waals surface area contributed by atoms with Crippen molar-refractivity contribution in [2.75, 3.05) is 6.61 Å². The Labute approximate surface area is 212 Å². The van der Waals surface area contributed by atoms with E-state index in [0.29, 0.717) is 48.6 Å². The van der Waals surface area contributed by atoms with Crippen LogP contribution in [0.25, 0.3) is 0 Å². The van der Waals surface area contributed by atoms with E-state index < -0.39 is 17.9 Å². The van der Waals surface area contributed by atoms with Crippen LogP contribution in [0.1, 0.15) is 52.0 Å². The molecule has 0 amide bonds. The van der Waals surface area contributed by atoms with Crippen molar-refractivity contribution in [1.29, 1.82) is 5.26 Å². The number of hydrogen-bond acceptors (Lipinski definition) is 8. The van der Waals surface area contributed by atoms with E-state index in [1.54, 1.807) is 48.5 Å². The van der Waals surface area contributed by atoms with Crippen molar-refractivity contribution in [3.63, 3.8) is 0 Å². The van der Waals surface area contributed by atoms with Crippen LogP contribution in [-0.4, -0.2) is 34.7 Å². The van der Waals surface area contributed by atoms with Crippen LogP contribution >= 0.6 is 0 Å². The molecule has 0 aliphatic heterocycles. The van der Waals surface area contributed by atoms with Gasteiger partial charge in [-0.1, -0.05) is 0 Å². The van der Waals surface area contributed by atoms with E-state index in [1.807, 2.05) is 6.07 Å². The summed E-state index contributed by atoms with van der Waals surface area (Å²) in [4.78, 5) is 34.3. The fourth-order valence-electron chi connectivity index (χ4n) is 3.15. The molecule has 0 heterocycles. The van der Waals surface area contributed by atoms with Gasteiger partial charge in [0.1, 0.15) is 11.5 Å². The molecular weight excluding hydrogens is 478 g/mol. The van der Waals surface area contributed by atoms with Crippen LogP contribution in [0, 0.1) is 11.3 Å². The molecule has 10 heteroatoms. The maximum absolute atomic E-state index is 12.1. The summed E-state index contributed by atoms with van der Waals surface area (Å²) in [5.74, 6) is -2.66. The largest absolute Gasteiger partial charge is 0.494 e. The number of ether oxygens (including phenoxy) is 2. The molecule has 0 aliphatic carbocycles. The quantitative estimate of drug-likeness (QED) is 0.134. The molecule has 0 spiro atoms. The second-order valence-corrected chi connectivity index (χ2v) is 7.84. The average molecular weight is 501 g/mol. The number of carboxylic acid groups (broad SMARTS) is 2. The van der Waals surface area contributed by atoms with Gasteiger partial charge >= 0.3 is 17.9 Å². The van der Waals surface area contributed by atoms with Crippen LogP contribution < -0.4 is 9.47 Å². The second-order valence-electron chi connectivity index (χ2n) is 7.84. The number of hydrogen-bond donors (Lipinski definition) is 2. The van der Waals surface area contributed by atoms with Gasteiger partial charge in [0, 0.05) is 6.42 Å². The van der Waals surface area contributed by atoms with Gasteiger partial charge in [-0.25, -0.2) is 9.59 Å². The minimum atomic E-state index is -1.32. The number of aromatic carboxylic acids is 2. The third-order valence-corrected chi connectivity index (χ3v) is 5.04. The van der Waals surface area contributed by atoms with Gasteiger partial charge in [-0.05, 0) is 86.0 Å². The number of carbonyl (C=O) groups excluding carboxylic acids is 1. The summed E-state index contributed by atoms with van der Waals surface area (Å²) < 4.78 is 10.8. The van der Waals surface area contributed by atoms with Gasteiger partial charge in [0.25, 0.3) is 0 Å². The van der Waals surface area contributed by atoms with E-state index in [1.165, 1.54) is 0 Å². The lowest BCUT2D eigenvalue weighted by Gasteiger charge is -2.08. The highest BCUT2D eigenvalue weighted by atomic mass is 16.5. The van der Waals surface area contributed by atoms with E-state index in [2.05, 4.69) is 10.2 Å². The molecule has 188 valence electrons. The highest BCUT2D eigenvalue weighted by molar-refractivity contribution is 5.94. The molecule has 0 bridgehead atoms. The number of nitrogens with zero attached hydrogens (tertiary/aromatic N) is 3. The van der Waals surface area contributed by atoms with E-state index in [0.717, 1.165) is 18.2 Å². The minimum Gasteiger partial charge on any atom is -0.494 e. The lowest BCUT2D eigenvalue weighted by Crippen LogP contribution is -2.10. The summed E-state index contributed by atoms with van der Waals surface area (Å²) in [5.41, 5.74) is 1.30. The Kier molecular flexibility index (Phi) is 9.44. The van der Waals surface area contributed by atoms with Crippen molar-refractivity contribution in [2.45, 2.75) is 25.7 Å². The maximum Gasteiger partial charge on any atom is 0.335 e. The van der Waals surface area contributed by atoms with Crippen molar-refractivity contribution in [2.24, 2.45) is 10.2 Å². The number of esters is 1. The first-order valence-corrected chi connectivity index (χ1v) is 11.3. The monoisotopic (exact) mass is 501 g/mol. The summed E-state index contributed by atoms with van der Waals surface area (Å²) in [6.45, 7) is 0.448. The topological polar surface area (TPSA) is 159 Å². The zero-order chi connectivity index (χ0) is 26.6. The summed E-state index contributed by atoms with van der Waals surface area (Å²) in [6, 6.07) is 19.1. The minimum absolute atomic E-state index is 0.0959. The fourth-order valence-corrected chi connectivity index (χ4v) is 3.15. The van der Waals surface area contributed by atoms with Crippen LogP contribution in [-0.2, 0) is 4.79 Å². The summed E-state index contributed by atoms with van der Waals surface area (Å²) in [5, 5.41) is 35.3. The van der Waals surface area contributed by atoms with Crippen molar-refractivity contribution < 1.29 is 34.1 Å². The van der Waals surface area contributed by atoms with E-state index in [-0.39, 0.29) is 23.3 Å². The van der Waals surface area contributed by atoms with Crippen molar-refractivity contribution >= 4 is 29.3 Å². The van der Waals surface area contributed by atoms with E-state index in [9.17, 15) is 14.4 Å². The number of nitriles is 1. The molecule has 3 aromatic carbocycles. The predicted molar refractivity (Wildman–Crippen MR) is 132 cm³/mol. The SMILES string of the molecule is N#Cc1ccc(N=Nc2ccc(OCCCCCC(=O)Oc3cc(C(=O)O)cc(C(=O)O)c3)cc2)cc1. The molecule has 10 nitrogen and oxygen atoms in total. The van der Waals surface area contributed by atoms with Crippen LogP contribution in [0.4, 0.5) is 11.4 Å². The van der Waals surface area contributed by atoms with Gasteiger partial charge in [-0.15, -0.1) is 0 Å². The van der Waals surface area contributed by atoms with Gasteiger partial charge in [0.15, 0.2) is 0 Å². The smallest absolute Gasteiger partial charge is 0.335 e. The molecule has 0 radical (unpaired) electrons. The van der Waals surface area contributed by atoms with Crippen LogP contribution in [0.3, 0.4) is 0 Å². The highest BCUT2D eigenvalue weighted by Crippen LogP contribution is 2.22. The van der Waals surface area contributed by atoms with Crippen LogP contribution in [0.15, 0.2) is 77.0 Å². The Balaban J connectivity index is 1.36. The Morgan fingerprint density at radius 2 is 1.32 bits per heavy atom. The standard InChI is InChI=1S/C27H23N3O7/c28-17-18-5-7-21(8-6-18)29-30-22-9-11-23(12-10-22)36-13-3-1-2-4-25(31)37-24-15-19(26(32)33)14-20(16-24)27(34)35/h5-12,14-16H,1-4,13H2,(H,32,33)(H,34,35). The van der Waals surface area contributed by atoms with Crippen molar-refractivity contribution in [3.8, 4) is 17.6 Å². The number of azo groups is 1. The molecule has 0 saturated heterocycles. The molecule has 0 unspecified atom stereocenters. The van der Waals surface area contributed by atoms with E-state index in [4.69, 9.17) is 24.9 Å². The lowest BCUT2D eigenvalue weighted by molar-refractivity contribution is -0.134. The van der Waals surface area contributed by atoms with Gasteiger partial charge < -0.3 is 19.7 Å². The van der Waals surface area contributed by atoms with Crippen molar-refractivity contribution in [1.82, 2.24) is 0 Å². The molecule has 3 rings (SSSR count). The highest BCUT2D eigenvalue weighted by Gasteiger charge is 2.14.